The summed E-state index contributed by atoms with van der Waals surface area (Å²) < 4.78 is 91.5. The van der Waals surface area contributed by atoms with Gasteiger partial charge in [-0.25, -0.2) is 22.0 Å². The molecule has 1 aromatic heterocycles. The molecule has 3 aromatic carbocycles. The van der Waals surface area contributed by atoms with Gasteiger partial charge >= 0.3 is 0 Å². The summed E-state index contributed by atoms with van der Waals surface area (Å²) in [6.45, 7) is 3.37. The first-order valence-electron chi connectivity index (χ1n) is 11.8. The molecule has 5 rings (SSSR count). The van der Waals surface area contributed by atoms with Crippen LogP contribution in [0, 0.1) is 36.0 Å². The fourth-order valence-corrected chi connectivity index (χ4v) is 4.44. The van der Waals surface area contributed by atoms with Crippen molar-refractivity contribution >= 4 is 11.0 Å². The smallest absolute Gasteiger partial charge is 0.200 e. The summed E-state index contributed by atoms with van der Waals surface area (Å²) in [7, 11) is 0. The molecule has 10 heteroatoms. The van der Waals surface area contributed by atoms with E-state index in [4.69, 9.17) is 18.6 Å². The molecule has 0 spiro atoms. The highest BCUT2D eigenvalue weighted by Gasteiger charge is 2.26. The van der Waals surface area contributed by atoms with E-state index in [1.807, 2.05) is 6.92 Å². The molecule has 38 heavy (non-hydrogen) atoms. The fraction of sp³-hybridized carbons (Fsp3) is 0.250. The molecule has 0 unspecified atom stereocenters. The summed E-state index contributed by atoms with van der Waals surface area (Å²) in [5, 5.41) is 0.243. The van der Waals surface area contributed by atoms with Crippen molar-refractivity contribution < 1.29 is 40.6 Å². The topological polar surface area (TPSA) is 57.9 Å². The van der Waals surface area contributed by atoms with E-state index in [1.165, 1.54) is 6.07 Å². The van der Waals surface area contributed by atoms with Gasteiger partial charge in [-0.15, -0.1) is 0 Å². The highest BCUT2D eigenvalue weighted by molar-refractivity contribution is 5.85. The zero-order valence-electron chi connectivity index (χ0n) is 20.4. The summed E-state index contributed by atoms with van der Waals surface area (Å²) in [5.74, 6) is -8.80. The van der Waals surface area contributed by atoms with Crippen molar-refractivity contribution in [3.8, 4) is 28.4 Å². The molecule has 1 aliphatic rings. The molecule has 0 bridgehead atoms. The van der Waals surface area contributed by atoms with Gasteiger partial charge in [0.25, 0.3) is 0 Å². The van der Waals surface area contributed by atoms with Crippen molar-refractivity contribution in [3.05, 3.63) is 86.5 Å². The van der Waals surface area contributed by atoms with E-state index < -0.39 is 41.3 Å². The van der Waals surface area contributed by atoms with Crippen LogP contribution < -0.4 is 19.6 Å². The molecule has 198 valence electrons. The standard InChI is InChI=1S/C28H21F5O5/c1-3-4-14-9-16-20(11-19(14)37-12-17-23(29)25(31)27(33)26(32)24(17)30)38-13(2)22(28(16)34)15-5-6-18-21(10-15)36-8-7-35-18/h5-6,9-11H,3-4,7-8,12H2,1-2H3. The summed E-state index contributed by atoms with van der Waals surface area (Å²) in [4.78, 5) is 13.6. The Morgan fingerprint density at radius 2 is 1.53 bits per heavy atom. The van der Waals surface area contributed by atoms with E-state index >= 15 is 0 Å². The normalized spacial score (nSPS) is 12.7. The van der Waals surface area contributed by atoms with Crippen molar-refractivity contribution in [3.63, 3.8) is 0 Å². The van der Waals surface area contributed by atoms with Crippen molar-refractivity contribution in [1.29, 1.82) is 0 Å². The molecule has 1 aliphatic heterocycles. The first kappa shape index (κ1) is 25.6. The molecule has 2 heterocycles. The number of rotatable bonds is 6. The Kier molecular flexibility index (Phi) is 6.73. The van der Waals surface area contributed by atoms with Gasteiger partial charge in [-0.05, 0) is 42.7 Å². The molecule has 4 aromatic rings. The summed E-state index contributed by atoms with van der Waals surface area (Å²) in [6, 6.07) is 8.08. The van der Waals surface area contributed by atoms with E-state index in [-0.39, 0.29) is 22.1 Å². The van der Waals surface area contributed by atoms with Crippen molar-refractivity contribution in [2.24, 2.45) is 0 Å². The third-order valence-electron chi connectivity index (χ3n) is 6.27. The van der Waals surface area contributed by atoms with Gasteiger partial charge in [-0.1, -0.05) is 19.4 Å². The monoisotopic (exact) mass is 532 g/mol. The minimum absolute atomic E-state index is 0.0953. The van der Waals surface area contributed by atoms with Crippen LogP contribution in [-0.2, 0) is 13.0 Å². The highest BCUT2D eigenvalue weighted by Crippen LogP contribution is 2.36. The SMILES string of the molecule is CCCc1cc2c(=O)c(-c3ccc4c(c3)OCCO4)c(C)oc2cc1OCc1c(F)c(F)c(F)c(F)c1F. The lowest BCUT2D eigenvalue weighted by Crippen LogP contribution is -2.15. The second-order valence-electron chi connectivity index (χ2n) is 8.76. The Bertz CT molecular complexity index is 1600. The van der Waals surface area contributed by atoms with Crippen LogP contribution in [0.15, 0.2) is 39.5 Å². The maximum Gasteiger partial charge on any atom is 0.200 e. The van der Waals surface area contributed by atoms with Gasteiger partial charge in [-0.2, -0.15) is 0 Å². The maximum absolute atomic E-state index is 14.1. The Balaban J connectivity index is 1.57. The summed E-state index contributed by atoms with van der Waals surface area (Å²) in [5.41, 5.74) is 0.131. The van der Waals surface area contributed by atoms with E-state index in [2.05, 4.69) is 0 Å². The number of benzene rings is 3. The number of fused-ring (bicyclic) bond motifs is 2. The van der Waals surface area contributed by atoms with E-state index in [1.54, 1.807) is 31.2 Å². The van der Waals surface area contributed by atoms with Crippen LogP contribution in [-0.4, -0.2) is 13.2 Å². The van der Waals surface area contributed by atoms with Crippen molar-refractivity contribution in [1.82, 2.24) is 0 Å². The van der Waals surface area contributed by atoms with Crippen LogP contribution in [0.1, 0.15) is 30.2 Å². The molecular formula is C28H21F5O5. The number of halogens is 5. The van der Waals surface area contributed by atoms with Crippen LogP contribution >= 0.6 is 0 Å². The highest BCUT2D eigenvalue weighted by atomic mass is 19.2. The molecule has 0 aliphatic carbocycles. The molecule has 5 nitrogen and oxygen atoms in total. The summed E-state index contributed by atoms with van der Waals surface area (Å²) in [6.07, 6.45) is 1.03. The van der Waals surface area contributed by atoms with Gasteiger partial charge in [0.2, 0.25) is 11.2 Å². The van der Waals surface area contributed by atoms with Gasteiger partial charge in [0, 0.05) is 6.07 Å². The van der Waals surface area contributed by atoms with Gasteiger partial charge in [0.05, 0.1) is 16.5 Å². The maximum atomic E-state index is 14.1. The van der Waals surface area contributed by atoms with Gasteiger partial charge < -0.3 is 18.6 Å². The largest absolute Gasteiger partial charge is 0.488 e. The Morgan fingerprint density at radius 1 is 0.868 bits per heavy atom. The van der Waals surface area contributed by atoms with Crippen LogP contribution in [0.25, 0.3) is 22.1 Å². The van der Waals surface area contributed by atoms with Crippen molar-refractivity contribution in [2.45, 2.75) is 33.3 Å². The Morgan fingerprint density at radius 3 is 2.21 bits per heavy atom. The number of aryl methyl sites for hydroxylation is 2. The van der Waals surface area contributed by atoms with Gasteiger partial charge in [-0.3, -0.25) is 4.79 Å². The quantitative estimate of drug-likeness (QED) is 0.156. The molecule has 0 saturated heterocycles. The van der Waals surface area contributed by atoms with Crippen LogP contribution in [0.5, 0.6) is 17.2 Å². The predicted molar refractivity (Wildman–Crippen MR) is 128 cm³/mol. The molecule has 0 N–H and O–H groups in total. The number of ether oxygens (including phenoxy) is 3. The average Bonchev–Trinajstić information content (AvgIpc) is 2.91. The third-order valence-corrected chi connectivity index (χ3v) is 6.27. The minimum Gasteiger partial charge on any atom is -0.488 e. The lowest BCUT2D eigenvalue weighted by atomic mass is 9.99. The molecule has 0 amide bonds. The average molecular weight is 532 g/mol. The third kappa shape index (κ3) is 4.33. The molecule has 0 radical (unpaired) electrons. The number of hydrogen-bond donors (Lipinski definition) is 0. The Hall–Kier alpha value is -4.08. The predicted octanol–water partition coefficient (Wildman–Crippen LogP) is 6.77. The van der Waals surface area contributed by atoms with E-state index in [0.717, 1.165) is 0 Å². The second kappa shape index (κ2) is 10.00. The zero-order chi connectivity index (χ0) is 27.1. The molecule has 0 fully saturated rings. The first-order valence-corrected chi connectivity index (χ1v) is 11.8. The second-order valence-corrected chi connectivity index (χ2v) is 8.76. The van der Waals surface area contributed by atoms with Gasteiger partial charge in [0.1, 0.15) is 36.9 Å². The Labute approximate surface area is 213 Å². The minimum atomic E-state index is -2.24. The van der Waals surface area contributed by atoms with E-state index in [9.17, 15) is 26.7 Å². The molecule has 0 saturated carbocycles. The first-order chi connectivity index (χ1) is 18.2. The summed E-state index contributed by atoms with van der Waals surface area (Å²) >= 11 is 0. The molecule has 0 atom stereocenters. The zero-order valence-corrected chi connectivity index (χ0v) is 20.4. The lowest BCUT2D eigenvalue weighted by Gasteiger charge is -2.19. The molecular weight excluding hydrogens is 511 g/mol. The van der Waals surface area contributed by atoms with E-state index in [0.29, 0.717) is 60.0 Å². The van der Waals surface area contributed by atoms with Crippen LogP contribution in [0.4, 0.5) is 22.0 Å². The van der Waals surface area contributed by atoms with Crippen LogP contribution in [0.2, 0.25) is 0 Å². The van der Waals surface area contributed by atoms with Crippen LogP contribution in [0.3, 0.4) is 0 Å². The van der Waals surface area contributed by atoms with Gasteiger partial charge in [0.15, 0.2) is 34.8 Å². The number of hydrogen-bond acceptors (Lipinski definition) is 5. The fourth-order valence-electron chi connectivity index (χ4n) is 4.44. The lowest BCUT2D eigenvalue weighted by molar-refractivity contribution is 0.171. The van der Waals surface area contributed by atoms with Crippen molar-refractivity contribution in [2.75, 3.05) is 13.2 Å².